The van der Waals surface area contributed by atoms with E-state index >= 15 is 0 Å². The third-order valence-electron chi connectivity index (χ3n) is 2.90. The second kappa shape index (κ2) is 7.03. The third kappa shape index (κ3) is 4.81. The number of rotatable bonds is 3. The van der Waals surface area contributed by atoms with Crippen LogP contribution in [0.15, 0.2) is 53.4 Å². The minimum Gasteiger partial charge on any atom is -0.207 e. The van der Waals surface area contributed by atoms with Crippen molar-refractivity contribution in [2.24, 2.45) is 0 Å². The molecule has 0 fully saturated rings. The Labute approximate surface area is 136 Å². The maximum absolute atomic E-state index is 12.8. The van der Waals surface area contributed by atoms with Crippen molar-refractivity contribution in [3.63, 3.8) is 0 Å². The number of alkyl halides is 3. The van der Waals surface area contributed by atoms with Crippen LogP contribution in [0, 0.1) is 17.7 Å². The molecule has 2 rings (SSSR count). The summed E-state index contributed by atoms with van der Waals surface area (Å²) in [5, 5.41) is 0. The van der Waals surface area contributed by atoms with E-state index in [2.05, 4.69) is 16.6 Å². The van der Waals surface area contributed by atoms with Crippen LogP contribution in [0.3, 0.4) is 0 Å². The molecule has 3 nitrogen and oxygen atoms in total. The summed E-state index contributed by atoms with van der Waals surface area (Å²) in [5.74, 6) is 4.32. The van der Waals surface area contributed by atoms with Gasteiger partial charge in [0, 0.05) is 5.56 Å². The second-order valence-electron chi connectivity index (χ2n) is 4.66. The fraction of sp³-hybridized carbons (Fsp3) is 0.125. The molecule has 0 amide bonds. The van der Waals surface area contributed by atoms with Gasteiger partial charge in [-0.25, -0.2) is 12.8 Å². The molecule has 0 heterocycles. The molecule has 0 spiro atoms. The Morgan fingerprint density at radius 2 is 1.71 bits per heavy atom. The van der Waals surface area contributed by atoms with Gasteiger partial charge < -0.3 is 0 Å². The van der Waals surface area contributed by atoms with Crippen molar-refractivity contribution < 1.29 is 26.0 Å². The minimum atomic E-state index is -4.47. The van der Waals surface area contributed by atoms with Crippen molar-refractivity contribution in [3.8, 4) is 11.8 Å². The number of hydrogen-bond donors (Lipinski definition) is 1. The van der Waals surface area contributed by atoms with Crippen molar-refractivity contribution >= 4 is 10.0 Å². The molecule has 0 saturated heterocycles. The predicted molar refractivity (Wildman–Crippen MR) is 79.9 cm³/mol. The number of benzene rings is 2. The lowest BCUT2D eigenvalue weighted by Gasteiger charge is -2.06. The second-order valence-corrected chi connectivity index (χ2v) is 6.43. The van der Waals surface area contributed by atoms with Crippen molar-refractivity contribution in [2.75, 3.05) is 6.54 Å². The molecule has 0 saturated carbocycles. The molecular weight excluding hydrogens is 346 g/mol. The van der Waals surface area contributed by atoms with E-state index in [4.69, 9.17) is 0 Å². The van der Waals surface area contributed by atoms with E-state index in [9.17, 15) is 26.0 Å². The zero-order chi connectivity index (χ0) is 17.8. The largest absolute Gasteiger partial charge is 0.416 e. The van der Waals surface area contributed by atoms with E-state index in [1.165, 1.54) is 12.1 Å². The zero-order valence-electron chi connectivity index (χ0n) is 12.1. The Morgan fingerprint density at radius 1 is 1.04 bits per heavy atom. The SMILES string of the molecule is O=S(=O)(NCC#Cc1cccc(C(F)(F)F)c1)c1ccc(F)cc1. The molecule has 0 aliphatic rings. The summed E-state index contributed by atoms with van der Waals surface area (Å²) in [4.78, 5) is -0.134. The van der Waals surface area contributed by atoms with Crippen LogP contribution in [0.5, 0.6) is 0 Å². The average molecular weight is 357 g/mol. The standard InChI is InChI=1S/C16H11F4NO2S/c17-14-6-8-15(9-7-14)24(22,23)21-10-2-4-12-3-1-5-13(11-12)16(18,19)20/h1,3,5-9,11,21H,10H2. The third-order valence-corrected chi connectivity index (χ3v) is 4.31. The number of nitrogens with one attached hydrogen (secondary N) is 1. The van der Waals surface area contributed by atoms with Crippen molar-refractivity contribution in [1.29, 1.82) is 0 Å². The Balaban J connectivity index is 2.05. The molecule has 2 aromatic carbocycles. The van der Waals surface area contributed by atoms with Gasteiger partial charge in [-0.15, -0.1) is 0 Å². The van der Waals surface area contributed by atoms with Gasteiger partial charge in [0.05, 0.1) is 17.0 Å². The summed E-state index contributed by atoms with van der Waals surface area (Å²) >= 11 is 0. The summed E-state index contributed by atoms with van der Waals surface area (Å²) in [6.45, 7) is -0.296. The zero-order valence-corrected chi connectivity index (χ0v) is 12.9. The fourth-order valence-electron chi connectivity index (χ4n) is 1.75. The molecule has 8 heteroatoms. The Hall–Kier alpha value is -2.37. The van der Waals surface area contributed by atoms with Crippen LogP contribution in [-0.2, 0) is 16.2 Å². The molecule has 2 aromatic rings. The molecule has 1 N–H and O–H groups in total. The van der Waals surface area contributed by atoms with Crippen LogP contribution in [0.2, 0.25) is 0 Å². The van der Waals surface area contributed by atoms with Gasteiger partial charge in [-0.3, -0.25) is 0 Å². The lowest BCUT2D eigenvalue weighted by atomic mass is 10.1. The van der Waals surface area contributed by atoms with Crippen LogP contribution in [0.1, 0.15) is 11.1 Å². The van der Waals surface area contributed by atoms with Gasteiger partial charge >= 0.3 is 6.18 Å². The van der Waals surface area contributed by atoms with Gasteiger partial charge in [-0.2, -0.15) is 17.9 Å². The summed E-state index contributed by atoms with van der Waals surface area (Å²) in [5.41, 5.74) is -0.716. The topological polar surface area (TPSA) is 46.2 Å². The molecule has 0 atom stereocenters. The van der Waals surface area contributed by atoms with Crippen molar-refractivity contribution in [2.45, 2.75) is 11.1 Å². The first-order chi connectivity index (χ1) is 11.2. The van der Waals surface area contributed by atoms with Gasteiger partial charge in [0.15, 0.2) is 0 Å². The molecule has 0 unspecified atom stereocenters. The summed E-state index contributed by atoms with van der Waals surface area (Å²) in [6, 6.07) is 8.59. The molecular formula is C16H11F4NO2S. The van der Waals surface area contributed by atoms with E-state index < -0.39 is 27.6 Å². The molecule has 0 radical (unpaired) electrons. The maximum Gasteiger partial charge on any atom is 0.416 e. The highest BCUT2D eigenvalue weighted by atomic mass is 32.2. The maximum atomic E-state index is 12.8. The Morgan fingerprint density at radius 3 is 2.33 bits per heavy atom. The normalized spacial score (nSPS) is 11.7. The van der Waals surface area contributed by atoms with Crippen LogP contribution >= 0.6 is 0 Å². The minimum absolute atomic E-state index is 0.116. The van der Waals surface area contributed by atoms with Crippen LogP contribution in [0.4, 0.5) is 17.6 Å². The van der Waals surface area contributed by atoms with Crippen LogP contribution < -0.4 is 4.72 Å². The van der Waals surface area contributed by atoms with Gasteiger partial charge in [0.2, 0.25) is 10.0 Å². The first-order valence-electron chi connectivity index (χ1n) is 6.60. The highest BCUT2D eigenvalue weighted by molar-refractivity contribution is 7.89. The molecule has 0 aliphatic heterocycles. The number of halogens is 4. The van der Waals surface area contributed by atoms with Crippen LogP contribution in [-0.4, -0.2) is 15.0 Å². The highest BCUT2D eigenvalue weighted by Crippen LogP contribution is 2.29. The van der Waals surface area contributed by atoms with Crippen molar-refractivity contribution in [3.05, 3.63) is 65.5 Å². The lowest BCUT2D eigenvalue weighted by molar-refractivity contribution is -0.137. The van der Waals surface area contributed by atoms with E-state index in [-0.39, 0.29) is 17.0 Å². The quantitative estimate of drug-likeness (QED) is 0.678. The number of hydrogen-bond acceptors (Lipinski definition) is 2. The first-order valence-corrected chi connectivity index (χ1v) is 8.08. The van der Waals surface area contributed by atoms with E-state index in [1.807, 2.05) is 0 Å². The van der Waals surface area contributed by atoms with Crippen LogP contribution in [0.25, 0.3) is 0 Å². The molecule has 0 aromatic heterocycles. The predicted octanol–water partition coefficient (Wildman–Crippen LogP) is 3.17. The molecule has 0 aliphatic carbocycles. The summed E-state index contributed by atoms with van der Waals surface area (Å²) in [7, 11) is -3.86. The summed E-state index contributed by atoms with van der Waals surface area (Å²) in [6.07, 6.45) is -4.47. The smallest absolute Gasteiger partial charge is 0.207 e. The lowest BCUT2D eigenvalue weighted by Crippen LogP contribution is -2.24. The van der Waals surface area contributed by atoms with E-state index in [0.717, 1.165) is 36.4 Å². The molecule has 0 bridgehead atoms. The first kappa shape index (κ1) is 18.0. The Kier molecular flexibility index (Phi) is 5.26. The highest BCUT2D eigenvalue weighted by Gasteiger charge is 2.30. The summed E-state index contributed by atoms with van der Waals surface area (Å²) < 4.78 is 76.4. The van der Waals surface area contributed by atoms with E-state index in [1.54, 1.807) is 0 Å². The fourth-order valence-corrected chi connectivity index (χ4v) is 2.67. The Bertz CT molecular complexity index is 879. The van der Waals surface area contributed by atoms with Gasteiger partial charge in [-0.05, 0) is 42.5 Å². The van der Waals surface area contributed by atoms with Gasteiger partial charge in [-0.1, -0.05) is 17.9 Å². The molecule has 24 heavy (non-hydrogen) atoms. The van der Waals surface area contributed by atoms with Gasteiger partial charge in [0.1, 0.15) is 5.82 Å². The monoisotopic (exact) mass is 357 g/mol. The van der Waals surface area contributed by atoms with E-state index in [0.29, 0.717) is 0 Å². The molecule has 126 valence electrons. The van der Waals surface area contributed by atoms with Crippen molar-refractivity contribution in [1.82, 2.24) is 4.72 Å². The van der Waals surface area contributed by atoms with Gasteiger partial charge in [0.25, 0.3) is 0 Å². The average Bonchev–Trinajstić information content (AvgIpc) is 2.51. The number of sulfonamides is 1.